The zero-order chi connectivity index (χ0) is 14.4. The van der Waals surface area contributed by atoms with Crippen molar-refractivity contribution < 1.29 is 14.5 Å². The van der Waals surface area contributed by atoms with E-state index in [1.807, 2.05) is 35.2 Å². The molecule has 108 valence electrons. The van der Waals surface area contributed by atoms with E-state index in [1.165, 1.54) is 4.90 Å². The number of nitrogens with zero attached hydrogens (tertiary/aromatic N) is 1. The first-order valence-electron chi connectivity index (χ1n) is 7.05. The van der Waals surface area contributed by atoms with Crippen LogP contribution in [-0.2, 0) is 16.1 Å². The molecular weight excluding hydrogens is 254 g/mol. The Morgan fingerprint density at radius 3 is 2.45 bits per heavy atom. The van der Waals surface area contributed by atoms with Gasteiger partial charge in [-0.2, -0.15) is 0 Å². The van der Waals surface area contributed by atoms with Crippen LogP contribution in [0.4, 0.5) is 0 Å². The molecule has 0 aliphatic carbocycles. The molecule has 0 radical (unpaired) electrons. The van der Waals surface area contributed by atoms with Crippen LogP contribution in [0, 0.1) is 0 Å². The molecule has 0 unspecified atom stereocenters. The monoisotopic (exact) mass is 276 g/mol. The van der Waals surface area contributed by atoms with Crippen LogP contribution in [0.3, 0.4) is 0 Å². The Balaban J connectivity index is 1.69. The van der Waals surface area contributed by atoms with Crippen LogP contribution >= 0.6 is 0 Å². The Bertz CT molecular complexity index is 453. The minimum absolute atomic E-state index is 0.0696. The van der Waals surface area contributed by atoms with Crippen molar-refractivity contribution in [3.05, 3.63) is 35.9 Å². The minimum atomic E-state index is 0.0696. The fourth-order valence-electron chi connectivity index (χ4n) is 2.40. The van der Waals surface area contributed by atoms with Crippen LogP contribution < -0.4 is 10.2 Å². The molecule has 2 N–H and O–H groups in total. The molecule has 1 saturated heterocycles. The summed E-state index contributed by atoms with van der Waals surface area (Å²) in [6.07, 6.45) is 0. The lowest BCUT2D eigenvalue weighted by atomic mass is 10.2. The molecule has 0 bridgehead atoms. The van der Waals surface area contributed by atoms with Gasteiger partial charge in [-0.05, 0) is 5.56 Å². The number of hydrogen-bond acceptors (Lipinski definition) is 2. The first kappa shape index (κ1) is 14.5. The standard InChI is InChI=1S/C15H21N3O2/c1-13(19)18-9-7-17(8-10-18)12-15(20)16-11-14-5-3-2-4-6-14/h2-6H,7-12H2,1H3,(H,16,20)/p+1. The van der Waals surface area contributed by atoms with Crippen LogP contribution in [0.5, 0.6) is 0 Å². The van der Waals surface area contributed by atoms with E-state index in [0.29, 0.717) is 13.1 Å². The first-order valence-corrected chi connectivity index (χ1v) is 7.05. The number of amides is 2. The number of hydrogen-bond donors (Lipinski definition) is 2. The van der Waals surface area contributed by atoms with Gasteiger partial charge in [-0.1, -0.05) is 30.3 Å². The Labute approximate surface area is 119 Å². The second-order valence-corrected chi connectivity index (χ2v) is 5.20. The summed E-state index contributed by atoms with van der Waals surface area (Å²) in [4.78, 5) is 26.2. The van der Waals surface area contributed by atoms with E-state index in [4.69, 9.17) is 0 Å². The van der Waals surface area contributed by atoms with Gasteiger partial charge in [0, 0.05) is 13.5 Å². The van der Waals surface area contributed by atoms with E-state index in [0.717, 1.165) is 31.7 Å². The van der Waals surface area contributed by atoms with Crippen molar-refractivity contribution >= 4 is 11.8 Å². The van der Waals surface area contributed by atoms with Crippen molar-refractivity contribution in [2.45, 2.75) is 13.5 Å². The quantitative estimate of drug-likeness (QED) is 0.745. The van der Waals surface area contributed by atoms with Gasteiger partial charge in [0.25, 0.3) is 5.91 Å². The third-order valence-electron chi connectivity index (χ3n) is 3.66. The van der Waals surface area contributed by atoms with E-state index in [2.05, 4.69) is 5.32 Å². The number of nitrogens with one attached hydrogen (secondary N) is 2. The third-order valence-corrected chi connectivity index (χ3v) is 3.66. The predicted octanol–water partition coefficient (Wildman–Crippen LogP) is -0.950. The smallest absolute Gasteiger partial charge is 0.275 e. The molecule has 0 saturated carbocycles. The number of carbonyl (C=O) groups excluding carboxylic acids is 2. The lowest BCUT2D eigenvalue weighted by molar-refractivity contribution is -0.896. The van der Waals surface area contributed by atoms with E-state index in [9.17, 15) is 9.59 Å². The highest BCUT2D eigenvalue weighted by molar-refractivity contribution is 5.76. The van der Waals surface area contributed by atoms with E-state index in [-0.39, 0.29) is 11.8 Å². The van der Waals surface area contributed by atoms with E-state index in [1.54, 1.807) is 6.92 Å². The fourth-order valence-corrected chi connectivity index (χ4v) is 2.40. The summed E-state index contributed by atoms with van der Waals surface area (Å²) in [5.74, 6) is 0.192. The molecule has 5 heteroatoms. The lowest BCUT2D eigenvalue weighted by Crippen LogP contribution is -3.15. The van der Waals surface area contributed by atoms with Crippen molar-refractivity contribution in [2.75, 3.05) is 32.7 Å². The van der Waals surface area contributed by atoms with Gasteiger partial charge in [-0.25, -0.2) is 0 Å². The maximum atomic E-state index is 11.9. The number of benzene rings is 1. The van der Waals surface area contributed by atoms with Gasteiger partial charge in [0.2, 0.25) is 5.91 Å². The SMILES string of the molecule is CC(=O)N1CC[NH+](CC(=O)NCc2ccccc2)CC1. The highest BCUT2D eigenvalue weighted by Crippen LogP contribution is 1.96. The topological polar surface area (TPSA) is 53.9 Å². The van der Waals surface area contributed by atoms with Crippen LogP contribution in [0.25, 0.3) is 0 Å². The number of piperazine rings is 1. The summed E-state index contributed by atoms with van der Waals surface area (Å²) in [6.45, 7) is 5.84. The molecule has 20 heavy (non-hydrogen) atoms. The summed E-state index contributed by atoms with van der Waals surface area (Å²) in [6, 6.07) is 9.89. The third kappa shape index (κ3) is 4.35. The molecule has 1 fully saturated rings. The Morgan fingerprint density at radius 2 is 1.85 bits per heavy atom. The van der Waals surface area contributed by atoms with Crippen molar-refractivity contribution in [1.82, 2.24) is 10.2 Å². The first-order chi connectivity index (χ1) is 9.65. The van der Waals surface area contributed by atoms with Gasteiger partial charge in [0.15, 0.2) is 6.54 Å². The summed E-state index contributed by atoms with van der Waals surface area (Å²) in [5.41, 5.74) is 1.11. The largest absolute Gasteiger partial charge is 0.347 e. The molecule has 0 atom stereocenters. The Morgan fingerprint density at radius 1 is 1.20 bits per heavy atom. The average molecular weight is 276 g/mol. The van der Waals surface area contributed by atoms with Crippen molar-refractivity contribution in [3.8, 4) is 0 Å². The molecule has 1 heterocycles. The lowest BCUT2D eigenvalue weighted by Gasteiger charge is -2.31. The van der Waals surface area contributed by atoms with Crippen LogP contribution in [0.15, 0.2) is 30.3 Å². The normalized spacial score (nSPS) is 15.9. The molecule has 1 aliphatic rings. The minimum Gasteiger partial charge on any atom is -0.347 e. The number of rotatable bonds is 4. The van der Waals surface area contributed by atoms with Gasteiger partial charge < -0.3 is 15.1 Å². The maximum Gasteiger partial charge on any atom is 0.275 e. The van der Waals surface area contributed by atoms with Gasteiger partial charge >= 0.3 is 0 Å². The molecule has 5 nitrogen and oxygen atoms in total. The van der Waals surface area contributed by atoms with Gasteiger partial charge in [0.1, 0.15) is 0 Å². The molecular formula is C15H22N3O2+. The molecule has 1 aromatic rings. The summed E-state index contributed by atoms with van der Waals surface area (Å²) >= 11 is 0. The van der Waals surface area contributed by atoms with Gasteiger partial charge in [-0.3, -0.25) is 9.59 Å². The van der Waals surface area contributed by atoms with Gasteiger partial charge in [-0.15, -0.1) is 0 Å². The number of carbonyl (C=O) groups is 2. The van der Waals surface area contributed by atoms with Crippen molar-refractivity contribution in [3.63, 3.8) is 0 Å². The molecule has 0 spiro atoms. The zero-order valence-corrected chi connectivity index (χ0v) is 11.9. The van der Waals surface area contributed by atoms with Gasteiger partial charge in [0.05, 0.1) is 26.2 Å². The molecule has 2 amide bonds. The zero-order valence-electron chi connectivity index (χ0n) is 11.9. The molecule has 1 aliphatic heterocycles. The van der Waals surface area contributed by atoms with Crippen molar-refractivity contribution in [2.24, 2.45) is 0 Å². The Kier molecular flexibility index (Phi) is 5.12. The maximum absolute atomic E-state index is 11.9. The highest BCUT2D eigenvalue weighted by atomic mass is 16.2. The summed E-state index contributed by atoms with van der Waals surface area (Å²) < 4.78 is 0. The highest BCUT2D eigenvalue weighted by Gasteiger charge is 2.23. The van der Waals surface area contributed by atoms with E-state index < -0.39 is 0 Å². The van der Waals surface area contributed by atoms with Crippen molar-refractivity contribution in [1.29, 1.82) is 0 Å². The summed E-state index contributed by atoms with van der Waals surface area (Å²) in [5, 5.41) is 2.94. The number of quaternary nitrogens is 1. The molecule has 2 rings (SSSR count). The second kappa shape index (κ2) is 7.05. The molecule has 1 aromatic carbocycles. The predicted molar refractivity (Wildman–Crippen MR) is 76.1 cm³/mol. The van der Waals surface area contributed by atoms with Crippen LogP contribution in [0.2, 0.25) is 0 Å². The average Bonchev–Trinajstić information content (AvgIpc) is 2.47. The fraction of sp³-hybridized carbons (Fsp3) is 0.467. The van der Waals surface area contributed by atoms with Crippen LogP contribution in [-0.4, -0.2) is 49.4 Å². The summed E-state index contributed by atoms with van der Waals surface area (Å²) in [7, 11) is 0. The second-order valence-electron chi connectivity index (χ2n) is 5.20. The van der Waals surface area contributed by atoms with E-state index >= 15 is 0 Å². The van der Waals surface area contributed by atoms with Crippen LogP contribution in [0.1, 0.15) is 12.5 Å². The molecule has 0 aromatic heterocycles. The Hall–Kier alpha value is -1.88.